The van der Waals surface area contributed by atoms with E-state index < -0.39 is 5.97 Å². The van der Waals surface area contributed by atoms with Gasteiger partial charge in [-0.05, 0) is 51.1 Å². The molecule has 0 aliphatic carbocycles. The summed E-state index contributed by atoms with van der Waals surface area (Å²) in [6.45, 7) is 5.91. The maximum Gasteiger partial charge on any atom is 0.338 e. The lowest BCUT2D eigenvalue weighted by Crippen LogP contribution is -2.14. The van der Waals surface area contributed by atoms with E-state index in [0.29, 0.717) is 28.3 Å². The molecule has 1 heterocycles. The van der Waals surface area contributed by atoms with Crippen LogP contribution in [0.3, 0.4) is 0 Å². The zero-order valence-electron chi connectivity index (χ0n) is 16.5. The molecule has 0 radical (unpaired) electrons. The number of hydrogen-bond acceptors (Lipinski definition) is 6. The van der Waals surface area contributed by atoms with Gasteiger partial charge in [-0.2, -0.15) is 0 Å². The van der Waals surface area contributed by atoms with Crippen molar-refractivity contribution in [1.29, 1.82) is 0 Å². The second-order valence-electron chi connectivity index (χ2n) is 6.34. The Bertz CT molecular complexity index is 1010. The Morgan fingerprint density at radius 2 is 1.90 bits per heavy atom. The Morgan fingerprint density at radius 3 is 2.62 bits per heavy atom. The Hall–Kier alpha value is -3.61. The number of para-hydroxylation sites is 1. The normalized spacial score (nSPS) is 10.4. The van der Waals surface area contributed by atoms with Gasteiger partial charge in [0.05, 0.1) is 29.0 Å². The van der Waals surface area contributed by atoms with E-state index in [1.165, 1.54) is 0 Å². The molecule has 0 aliphatic heterocycles. The predicted octanol–water partition coefficient (Wildman–Crippen LogP) is 4.30. The van der Waals surface area contributed by atoms with Gasteiger partial charge in [0.1, 0.15) is 18.1 Å². The van der Waals surface area contributed by atoms with E-state index in [-0.39, 0.29) is 19.1 Å². The molecule has 0 atom stereocenters. The van der Waals surface area contributed by atoms with Crippen molar-refractivity contribution in [2.24, 2.45) is 0 Å². The first kappa shape index (κ1) is 20.1. The van der Waals surface area contributed by atoms with Gasteiger partial charge in [0.15, 0.2) is 0 Å². The first-order valence-electron chi connectivity index (χ1n) is 9.21. The van der Waals surface area contributed by atoms with Gasteiger partial charge in [-0.25, -0.2) is 4.79 Å². The lowest BCUT2D eigenvalue weighted by atomic mass is 10.1. The molecule has 2 aromatic carbocycles. The third-order valence-corrected chi connectivity index (χ3v) is 4.32. The Balaban J connectivity index is 1.75. The van der Waals surface area contributed by atoms with Gasteiger partial charge in [0.2, 0.25) is 0 Å². The van der Waals surface area contributed by atoms with Crippen LogP contribution in [0.25, 0.3) is 0 Å². The molecular formula is C22H22N2O5. The fraction of sp³-hybridized carbons (Fsp3) is 0.227. The van der Waals surface area contributed by atoms with Crippen LogP contribution in [0.4, 0.5) is 5.69 Å². The minimum atomic E-state index is -0.438. The van der Waals surface area contributed by atoms with Gasteiger partial charge in [-0.15, -0.1) is 0 Å². The highest BCUT2D eigenvalue weighted by Crippen LogP contribution is 2.23. The third kappa shape index (κ3) is 4.82. The summed E-state index contributed by atoms with van der Waals surface area (Å²) < 4.78 is 16.0. The van der Waals surface area contributed by atoms with E-state index in [4.69, 9.17) is 14.0 Å². The van der Waals surface area contributed by atoms with Crippen LogP contribution in [0.5, 0.6) is 5.75 Å². The zero-order chi connectivity index (χ0) is 20.8. The molecule has 1 aromatic heterocycles. The van der Waals surface area contributed by atoms with Crippen molar-refractivity contribution in [1.82, 2.24) is 5.16 Å². The van der Waals surface area contributed by atoms with Gasteiger partial charge in [-0.3, -0.25) is 4.79 Å². The molecule has 0 saturated heterocycles. The van der Waals surface area contributed by atoms with E-state index in [2.05, 4.69) is 10.5 Å². The van der Waals surface area contributed by atoms with Gasteiger partial charge in [0, 0.05) is 5.69 Å². The number of anilines is 1. The number of nitrogens with one attached hydrogen (secondary N) is 1. The molecule has 0 unspecified atom stereocenters. The molecule has 0 saturated carbocycles. The standard InChI is InChI=1S/C22H22N2O5/c1-4-27-22(26)16-8-7-9-17(12-16)23-21(25)18-10-5-6-11-20(18)28-13-19-14(2)24-29-15(19)3/h5-12H,4,13H2,1-3H3,(H,23,25). The molecule has 7 nitrogen and oxygen atoms in total. The lowest BCUT2D eigenvalue weighted by Gasteiger charge is -2.12. The van der Waals surface area contributed by atoms with Crippen molar-refractivity contribution in [3.05, 3.63) is 76.7 Å². The molecule has 3 rings (SSSR count). The topological polar surface area (TPSA) is 90.7 Å². The molecule has 150 valence electrons. The summed E-state index contributed by atoms with van der Waals surface area (Å²) in [4.78, 5) is 24.7. The van der Waals surface area contributed by atoms with Crippen LogP contribution in [0, 0.1) is 13.8 Å². The van der Waals surface area contributed by atoms with Gasteiger partial charge in [-0.1, -0.05) is 23.4 Å². The molecule has 1 N–H and O–H groups in total. The van der Waals surface area contributed by atoms with Crippen LogP contribution in [-0.2, 0) is 11.3 Å². The number of nitrogens with zero attached hydrogens (tertiary/aromatic N) is 1. The highest BCUT2D eigenvalue weighted by atomic mass is 16.5. The highest BCUT2D eigenvalue weighted by molar-refractivity contribution is 6.06. The van der Waals surface area contributed by atoms with Gasteiger partial charge in [0.25, 0.3) is 5.91 Å². The van der Waals surface area contributed by atoms with E-state index in [9.17, 15) is 9.59 Å². The van der Waals surface area contributed by atoms with Crippen molar-refractivity contribution in [2.75, 3.05) is 11.9 Å². The zero-order valence-corrected chi connectivity index (χ0v) is 16.5. The second-order valence-corrected chi connectivity index (χ2v) is 6.34. The first-order chi connectivity index (χ1) is 14.0. The van der Waals surface area contributed by atoms with Crippen molar-refractivity contribution < 1.29 is 23.6 Å². The summed E-state index contributed by atoms with van der Waals surface area (Å²) in [5.74, 6) is 0.332. The molecule has 0 aliphatic rings. The molecule has 7 heteroatoms. The largest absolute Gasteiger partial charge is 0.488 e. The number of esters is 1. The average Bonchev–Trinajstić information content (AvgIpc) is 3.04. The minimum absolute atomic E-state index is 0.240. The van der Waals surface area contributed by atoms with Crippen LogP contribution in [0.1, 0.15) is 44.7 Å². The fourth-order valence-corrected chi connectivity index (χ4v) is 2.77. The molecular weight excluding hydrogens is 372 g/mol. The molecule has 1 amide bonds. The predicted molar refractivity (Wildman–Crippen MR) is 107 cm³/mol. The number of aromatic nitrogens is 1. The smallest absolute Gasteiger partial charge is 0.338 e. The number of ether oxygens (including phenoxy) is 2. The number of amides is 1. The maximum atomic E-state index is 12.8. The lowest BCUT2D eigenvalue weighted by molar-refractivity contribution is 0.0526. The summed E-state index contributed by atoms with van der Waals surface area (Å²) in [6, 6.07) is 13.5. The summed E-state index contributed by atoms with van der Waals surface area (Å²) in [5, 5.41) is 6.70. The monoisotopic (exact) mass is 394 g/mol. The van der Waals surface area contributed by atoms with E-state index >= 15 is 0 Å². The molecule has 3 aromatic rings. The van der Waals surface area contributed by atoms with Crippen LogP contribution in [0.15, 0.2) is 53.1 Å². The number of rotatable bonds is 7. The summed E-state index contributed by atoms with van der Waals surface area (Å²) >= 11 is 0. The van der Waals surface area contributed by atoms with Crippen molar-refractivity contribution >= 4 is 17.6 Å². The average molecular weight is 394 g/mol. The van der Waals surface area contributed by atoms with E-state index in [1.807, 2.05) is 13.8 Å². The first-order valence-corrected chi connectivity index (χ1v) is 9.21. The van der Waals surface area contributed by atoms with Gasteiger partial charge >= 0.3 is 5.97 Å². The molecule has 0 bridgehead atoms. The number of carbonyl (C=O) groups is 2. The highest BCUT2D eigenvalue weighted by Gasteiger charge is 2.16. The molecule has 0 spiro atoms. The summed E-state index contributed by atoms with van der Waals surface area (Å²) in [6.07, 6.45) is 0. The van der Waals surface area contributed by atoms with Crippen LogP contribution < -0.4 is 10.1 Å². The minimum Gasteiger partial charge on any atom is -0.488 e. The third-order valence-electron chi connectivity index (χ3n) is 4.32. The molecule has 29 heavy (non-hydrogen) atoms. The van der Waals surface area contributed by atoms with Crippen molar-refractivity contribution in [2.45, 2.75) is 27.4 Å². The summed E-state index contributed by atoms with van der Waals surface area (Å²) in [5.41, 5.74) is 2.83. The van der Waals surface area contributed by atoms with Crippen LogP contribution in [0.2, 0.25) is 0 Å². The van der Waals surface area contributed by atoms with Crippen molar-refractivity contribution in [3.63, 3.8) is 0 Å². The summed E-state index contributed by atoms with van der Waals surface area (Å²) in [7, 11) is 0. The number of carbonyl (C=O) groups excluding carboxylic acids is 2. The Labute approximate surface area is 168 Å². The SMILES string of the molecule is CCOC(=O)c1cccc(NC(=O)c2ccccc2OCc2c(C)noc2C)c1. The Kier molecular flexibility index (Phi) is 6.29. The second kappa shape index (κ2) is 9.05. The van der Waals surface area contributed by atoms with Crippen LogP contribution in [-0.4, -0.2) is 23.6 Å². The van der Waals surface area contributed by atoms with E-state index in [0.717, 1.165) is 11.3 Å². The number of benzene rings is 2. The van der Waals surface area contributed by atoms with Crippen molar-refractivity contribution in [3.8, 4) is 5.75 Å². The number of hydrogen-bond donors (Lipinski definition) is 1. The Morgan fingerprint density at radius 1 is 1.10 bits per heavy atom. The van der Waals surface area contributed by atoms with Gasteiger partial charge < -0.3 is 19.3 Å². The quantitative estimate of drug-likeness (QED) is 0.601. The maximum absolute atomic E-state index is 12.8. The molecule has 0 fully saturated rings. The van der Waals surface area contributed by atoms with E-state index in [1.54, 1.807) is 55.5 Å². The number of aryl methyl sites for hydroxylation is 2. The van der Waals surface area contributed by atoms with Crippen LogP contribution >= 0.6 is 0 Å². The fourth-order valence-electron chi connectivity index (χ4n) is 2.77.